The van der Waals surface area contributed by atoms with Crippen molar-refractivity contribution in [1.29, 1.82) is 0 Å². The summed E-state index contributed by atoms with van der Waals surface area (Å²) in [6, 6.07) is 7.29. The number of hydrogen-bond acceptors (Lipinski definition) is 2. The molecule has 1 heterocycles. The fourth-order valence-corrected chi connectivity index (χ4v) is 3.67. The van der Waals surface area contributed by atoms with Gasteiger partial charge in [0.15, 0.2) is 0 Å². The lowest BCUT2D eigenvalue weighted by Gasteiger charge is -2.49. The minimum Gasteiger partial charge on any atom is -0.316 e. The summed E-state index contributed by atoms with van der Waals surface area (Å²) in [6.07, 6.45) is 5.93. The summed E-state index contributed by atoms with van der Waals surface area (Å²) in [5, 5.41) is 7.15. The van der Waals surface area contributed by atoms with E-state index in [-0.39, 0.29) is 11.6 Å². The minimum absolute atomic E-state index is 0.00695. The molecule has 1 aromatic carbocycles. The number of benzene rings is 1. The number of urea groups is 1. The number of nitrogens with one attached hydrogen (secondary N) is 2. The summed E-state index contributed by atoms with van der Waals surface area (Å²) in [5.74, 6) is 0. The van der Waals surface area contributed by atoms with Crippen LogP contribution in [0.15, 0.2) is 24.3 Å². The van der Waals surface area contributed by atoms with Crippen LogP contribution in [0.2, 0.25) is 5.02 Å². The van der Waals surface area contributed by atoms with Crippen molar-refractivity contribution in [2.45, 2.75) is 37.6 Å². The van der Waals surface area contributed by atoms with Crippen molar-refractivity contribution in [3.05, 3.63) is 29.3 Å². The molecule has 3 rings (SSSR count). The zero-order valence-corrected chi connectivity index (χ0v) is 13.0. The average Bonchev–Trinajstić information content (AvgIpc) is 2.51. The third-order valence-electron chi connectivity index (χ3n) is 4.66. The van der Waals surface area contributed by atoms with E-state index in [4.69, 9.17) is 11.6 Å². The summed E-state index contributed by atoms with van der Waals surface area (Å²) in [7, 11) is 0. The standard InChI is InChI=1S/C16H22ClN3O/c17-13-4-6-14(7-5-13)19-15(21)20-11-10-18-12-16(20)8-2-1-3-9-16/h4-7,18H,1-3,8-12H2,(H,19,21). The van der Waals surface area contributed by atoms with E-state index in [0.717, 1.165) is 38.2 Å². The first-order valence-corrected chi connectivity index (χ1v) is 8.12. The van der Waals surface area contributed by atoms with Crippen LogP contribution in [0.3, 0.4) is 0 Å². The van der Waals surface area contributed by atoms with Crippen LogP contribution in [0, 0.1) is 0 Å². The lowest BCUT2D eigenvalue weighted by Crippen LogP contribution is -2.64. The van der Waals surface area contributed by atoms with Crippen molar-refractivity contribution in [1.82, 2.24) is 10.2 Å². The quantitative estimate of drug-likeness (QED) is 0.834. The van der Waals surface area contributed by atoms with E-state index in [1.807, 2.05) is 12.1 Å². The molecule has 2 fully saturated rings. The second kappa shape index (κ2) is 6.24. The number of anilines is 1. The number of carbonyl (C=O) groups excluding carboxylic acids is 1. The second-order valence-corrected chi connectivity index (χ2v) is 6.49. The largest absolute Gasteiger partial charge is 0.322 e. The maximum Gasteiger partial charge on any atom is 0.322 e. The Labute approximate surface area is 130 Å². The molecule has 0 aromatic heterocycles. The van der Waals surface area contributed by atoms with Crippen LogP contribution in [0.5, 0.6) is 0 Å². The van der Waals surface area contributed by atoms with Crippen molar-refractivity contribution >= 4 is 23.3 Å². The lowest BCUT2D eigenvalue weighted by atomic mass is 9.79. The van der Waals surface area contributed by atoms with Gasteiger partial charge in [-0.25, -0.2) is 4.79 Å². The van der Waals surface area contributed by atoms with Crippen LogP contribution in [0.1, 0.15) is 32.1 Å². The fourth-order valence-electron chi connectivity index (χ4n) is 3.54. The molecule has 0 bridgehead atoms. The molecular weight excluding hydrogens is 286 g/mol. The molecule has 1 saturated carbocycles. The predicted molar refractivity (Wildman–Crippen MR) is 85.9 cm³/mol. The van der Waals surface area contributed by atoms with Crippen LogP contribution in [-0.4, -0.2) is 36.1 Å². The van der Waals surface area contributed by atoms with Crippen LogP contribution < -0.4 is 10.6 Å². The van der Waals surface area contributed by atoms with Gasteiger partial charge in [0.05, 0.1) is 5.54 Å². The Morgan fingerprint density at radius 1 is 1.19 bits per heavy atom. The van der Waals surface area contributed by atoms with Gasteiger partial charge in [0.2, 0.25) is 0 Å². The highest BCUT2D eigenvalue weighted by Crippen LogP contribution is 2.35. The Hall–Kier alpha value is -1.26. The summed E-state index contributed by atoms with van der Waals surface area (Å²) in [4.78, 5) is 14.7. The van der Waals surface area contributed by atoms with Crippen molar-refractivity contribution in [2.24, 2.45) is 0 Å². The highest BCUT2D eigenvalue weighted by Gasteiger charge is 2.42. The Bertz CT molecular complexity index is 488. The number of nitrogens with zero attached hydrogens (tertiary/aromatic N) is 1. The maximum atomic E-state index is 12.7. The van der Waals surface area contributed by atoms with Crippen molar-refractivity contribution in [2.75, 3.05) is 25.0 Å². The average molecular weight is 308 g/mol. The van der Waals surface area contributed by atoms with Gasteiger partial charge >= 0.3 is 6.03 Å². The van der Waals surface area contributed by atoms with E-state index in [1.54, 1.807) is 12.1 Å². The first-order valence-electron chi connectivity index (χ1n) is 7.75. The molecule has 1 spiro atoms. The van der Waals surface area contributed by atoms with Gasteiger partial charge < -0.3 is 15.5 Å². The first-order chi connectivity index (χ1) is 10.2. The summed E-state index contributed by atoms with van der Waals surface area (Å²) in [5.41, 5.74) is 0.807. The summed E-state index contributed by atoms with van der Waals surface area (Å²) in [6.45, 7) is 2.57. The van der Waals surface area contributed by atoms with Crippen LogP contribution >= 0.6 is 11.6 Å². The van der Waals surface area contributed by atoms with E-state index >= 15 is 0 Å². The van der Waals surface area contributed by atoms with Gasteiger partial charge in [-0.2, -0.15) is 0 Å². The number of piperazine rings is 1. The van der Waals surface area contributed by atoms with Gasteiger partial charge in [-0.15, -0.1) is 0 Å². The Morgan fingerprint density at radius 2 is 1.90 bits per heavy atom. The monoisotopic (exact) mass is 307 g/mol. The van der Waals surface area contributed by atoms with Crippen molar-refractivity contribution in [3.63, 3.8) is 0 Å². The van der Waals surface area contributed by atoms with Crippen molar-refractivity contribution < 1.29 is 4.79 Å². The molecule has 1 aliphatic carbocycles. The number of amides is 2. The van der Waals surface area contributed by atoms with Crippen LogP contribution in [0.4, 0.5) is 10.5 Å². The molecule has 114 valence electrons. The van der Waals surface area contributed by atoms with Gasteiger partial charge in [-0.1, -0.05) is 30.9 Å². The number of rotatable bonds is 1. The van der Waals surface area contributed by atoms with Gasteiger partial charge in [0, 0.05) is 30.3 Å². The fraction of sp³-hybridized carbons (Fsp3) is 0.562. The minimum atomic E-state index is 0.00695. The van der Waals surface area contributed by atoms with E-state index in [0.29, 0.717) is 5.02 Å². The van der Waals surface area contributed by atoms with E-state index < -0.39 is 0 Å². The van der Waals surface area contributed by atoms with Gasteiger partial charge in [-0.3, -0.25) is 0 Å². The molecule has 5 heteroatoms. The second-order valence-electron chi connectivity index (χ2n) is 6.05. The molecule has 2 aliphatic rings. The Balaban J connectivity index is 1.73. The normalized spacial score (nSPS) is 21.3. The van der Waals surface area contributed by atoms with Crippen LogP contribution in [-0.2, 0) is 0 Å². The first kappa shape index (κ1) is 14.7. The Morgan fingerprint density at radius 3 is 2.62 bits per heavy atom. The molecule has 0 unspecified atom stereocenters. The molecule has 0 radical (unpaired) electrons. The molecular formula is C16H22ClN3O. The third kappa shape index (κ3) is 3.16. The lowest BCUT2D eigenvalue weighted by molar-refractivity contribution is 0.0634. The molecule has 1 saturated heterocycles. The number of hydrogen-bond donors (Lipinski definition) is 2. The molecule has 4 nitrogen and oxygen atoms in total. The number of halogens is 1. The van der Waals surface area contributed by atoms with Gasteiger partial charge in [0.1, 0.15) is 0 Å². The molecule has 1 aromatic rings. The number of carbonyl (C=O) groups is 1. The molecule has 21 heavy (non-hydrogen) atoms. The van der Waals surface area contributed by atoms with E-state index in [9.17, 15) is 4.79 Å². The SMILES string of the molecule is O=C(Nc1ccc(Cl)cc1)N1CCNCC12CCCCC2. The Kier molecular flexibility index (Phi) is 4.36. The molecule has 1 aliphatic heterocycles. The zero-order chi connectivity index (χ0) is 14.7. The van der Waals surface area contributed by atoms with Gasteiger partial charge in [0.25, 0.3) is 0 Å². The highest BCUT2D eigenvalue weighted by molar-refractivity contribution is 6.30. The predicted octanol–water partition coefficient (Wildman–Crippen LogP) is 3.48. The smallest absolute Gasteiger partial charge is 0.316 e. The van der Waals surface area contributed by atoms with E-state index in [2.05, 4.69) is 15.5 Å². The topological polar surface area (TPSA) is 44.4 Å². The summed E-state index contributed by atoms with van der Waals surface area (Å²) >= 11 is 5.88. The zero-order valence-electron chi connectivity index (χ0n) is 12.2. The van der Waals surface area contributed by atoms with Crippen molar-refractivity contribution in [3.8, 4) is 0 Å². The summed E-state index contributed by atoms with van der Waals surface area (Å²) < 4.78 is 0. The third-order valence-corrected chi connectivity index (χ3v) is 4.92. The molecule has 2 amide bonds. The van der Waals surface area contributed by atoms with Crippen LogP contribution in [0.25, 0.3) is 0 Å². The highest BCUT2D eigenvalue weighted by atomic mass is 35.5. The van der Waals surface area contributed by atoms with Gasteiger partial charge in [-0.05, 0) is 37.1 Å². The molecule has 0 atom stereocenters. The molecule has 2 N–H and O–H groups in total. The van der Waals surface area contributed by atoms with E-state index in [1.165, 1.54) is 19.3 Å². The maximum absolute atomic E-state index is 12.7.